The van der Waals surface area contributed by atoms with Crippen LogP contribution in [-0.2, 0) is 16.6 Å². The number of amides is 1. The van der Waals surface area contributed by atoms with Crippen LogP contribution in [0.1, 0.15) is 16.9 Å². The molecular weight excluding hydrogens is 242 g/mol. The molecule has 8 nitrogen and oxygen atoms in total. The normalized spacial score (nSPS) is 9.89. The Morgan fingerprint density at radius 3 is 2.72 bits per heavy atom. The van der Waals surface area contributed by atoms with Crippen LogP contribution in [-0.4, -0.2) is 35.0 Å². The van der Waals surface area contributed by atoms with Crippen molar-refractivity contribution in [1.82, 2.24) is 9.88 Å². The average Bonchev–Trinajstić information content (AvgIpc) is 2.71. The first-order valence-electron chi connectivity index (χ1n) is 5.11. The molecule has 1 rings (SSSR count). The van der Waals surface area contributed by atoms with Gasteiger partial charge in [0, 0.05) is 19.7 Å². The molecule has 0 spiro atoms. The number of methoxy groups -OCH3 is 1. The molecule has 0 unspecified atom stereocenters. The minimum Gasteiger partial charge on any atom is -0.469 e. The first-order chi connectivity index (χ1) is 8.45. The highest BCUT2D eigenvalue weighted by Gasteiger charge is 2.17. The molecule has 18 heavy (non-hydrogen) atoms. The number of carbonyl (C=O) groups excluding carboxylic acids is 2. The van der Waals surface area contributed by atoms with Gasteiger partial charge in [-0.1, -0.05) is 0 Å². The molecule has 0 saturated carbocycles. The van der Waals surface area contributed by atoms with E-state index in [2.05, 4.69) is 10.1 Å². The highest BCUT2D eigenvalue weighted by molar-refractivity contribution is 5.93. The lowest BCUT2D eigenvalue weighted by atomic mass is 10.3. The van der Waals surface area contributed by atoms with Gasteiger partial charge in [-0.3, -0.25) is 19.7 Å². The molecule has 1 amide bonds. The Morgan fingerprint density at radius 2 is 2.22 bits per heavy atom. The average molecular weight is 255 g/mol. The number of aromatic nitrogens is 1. The second kappa shape index (κ2) is 5.80. The number of hydrogen-bond acceptors (Lipinski definition) is 5. The Bertz CT molecular complexity index is 480. The van der Waals surface area contributed by atoms with E-state index in [1.165, 1.54) is 31.0 Å². The maximum Gasteiger partial charge on any atom is 0.307 e. The maximum absolute atomic E-state index is 11.7. The van der Waals surface area contributed by atoms with Crippen LogP contribution in [0.2, 0.25) is 0 Å². The summed E-state index contributed by atoms with van der Waals surface area (Å²) in [5, 5.41) is 13.0. The SMILES string of the molecule is COC(=O)CCNC(=O)c1cc([N+](=O)[O-])cn1C. The van der Waals surface area contributed by atoms with Crippen LogP contribution in [0.3, 0.4) is 0 Å². The summed E-state index contributed by atoms with van der Waals surface area (Å²) in [4.78, 5) is 32.4. The lowest BCUT2D eigenvalue weighted by Gasteiger charge is -2.04. The fraction of sp³-hybridized carbons (Fsp3) is 0.400. The third-order valence-electron chi connectivity index (χ3n) is 2.28. The molecular formula is C10H13N3O5. The van der Waals surface area contributed by atoms with Gasteiger partial charge in [0.25, 0.3) is 11.6 Å². The number of esters is 1. The molecule has 0 aliphatic rings. The molecule has 98 valence electrons. The molecule has 0 fully saturated rings. The molecule has 1 aromatic heterocycles. The number of ether oxygens (including phenoxy) is 1. The zero-order chi connectivity index (χ0) is 13.7. The second-order valence-electron chi connectivity index (χ2n) is 3.53. The van der Waals surface area contributed by atoms with Gasteiger partial charge in [0.1, 0.15) is 5.69 Å². The van der Waals surface area contributed by atoms with E-state index in [4.69, 9.17) is 0 Å². The summed E-state index contributed by atoms with van der Waals surface area (Å²) in [6.07, 6.45) is 1.30. The molecule has 0 aromatic carbocycles. The Kier molecular flexibility index (Phi) is 4.41. The van der Waals surface area contributed by atoms with Crippen molar-refractivity contribution in [2.75, 3.05) is 13.7 Å². The van der Waals surface area contributed by atoms with Gasteiger partial charge >= 0.3 is 5.97 Å². The number of nitrogens with one attached hydrogen (secondary N) is 1. The van der Waals surface area contributed by atoms with Gasteiger partial charge in [0.05, 0.1) is 24.7 Å². The number of rotatable bonds is 5. The van der Waals surface area contributed by atoms with Gasteiger partial charge < -0.3 is 14.6 Å². The van der Waals surface area contributed by atoms with E-state index in [1.807, 2.05) is 0 Å². The van der Waals surface area contributed by atoms with Crippen molar-refractivity contribution >= 4 is 17.6 Å². The van der Waals surface area contributed by atoms with Crippen LogP contribution >= 0.6 is 0 Å². The number of aryl methyl sites for hydroxylation is 1. The van der Waals surface area contributed by atoms with E-state index in [-0.39, 0.29) is 24.3 Å². The van der Waals surface area contributed by atoms with Crippen LogP contribution in [0, 0.1) is 10.1 Å². The zero-order valence-corrected chi connectivity index (χ0v) is 10.0. The van der Waals surface area contributed by atoms with Crippen molar-refractivity contribution in [1.29, 1.82) is 0 Å². The molecule has 8 heteroatoms. The highest BCUT2D eigenvalue weighted by Crippen LogP contribution is 2.14. The molecule has 0 aliphatic heterocycles. The third-order valence-corrected chi connectivity index (χ3v) is 2.28. The Labute approximate surface area is 103 Å². The smallest absolute Gasteiger partial charge is 0.307 e. The summed E-state index contributed by atoms with van der Waals surface area (Å²) >= 11 is 0. The summed E-state index contributed by atoms with van der Waals surface area (Å²) in [6.45, 7) is 0.116. The first kappa shape index (κ1) is 13.7. The second-order valence-corrected chi connectivity index (χ2v) is 3.53. The quantitative estimate of drug-likeness (QED) is 0.460. The topological polar surface area (TPSA) is 103 Å². The number of nitro groups is 1. The van der Waals surface area contributed by atoms with E-state index in [0.29, 0.717) is 0 Å². The summed E-state index contributed by atoms with van der Waals surface area (Å²) in [7, 11) is 2.78. The molecule has 0 aliphatic carbocycles. The van der Waals surface area contributed by atoms with E-state index >= 15 is 0 Å². The van der Waals surface area contributed by atoms with Crippen LogP contribution in [0.4, 0.5) is 5.69 Å². The fourth-order valence-electron chi connectivity index (χ4n) is 1.34. The molecule has 0 atom stereocenters. The van der Waals surface area contributed by atoms with E-state index in [9.17, 15) is 19.7 Å². The molecule has 0 radical (unpaired) electrons. The predicted molar refractivity (Wildman–Crippen MR) is 61.0 cm³/mol. The fourth-order valence-corrected chi connectivity index (χ4v) is 1.34. The highest BCUT2D eigenvalue weighted by atomic mass is 16.6. The van der Waals surface area contributed by atoms with Gasteiger partial charge in [-0.15, -0.1) is 0 Å². The summed E-state index contributed by atoms with van der Waals surface area (Å²) in [5.74, 6) is -0.914. The minimum atomic E-state index is -0.578. The number of hydrogen-bond donors (Lipinski definition) is 1. The van der Waals surface area contributed by atoms with Crippen LogP contribution < -0.4 is 5.32 Å². The number of carbonyl (C=O) groups is 2. The lowest BCUT2D eigenvalue weighted by Crippen LogP contribution is -2.27. The van der Waals surface area contributed by atoms with E-state index in [1.54, 1.807) is 0 Å². The van der Waals surface area contributed by atoms with Gasteiger partial charge in [0.15, 0.2) is 0 Å². The first-order valence-corrected chi connectivity index (χ1v) is 5.11. The van der Waals surface area contributed by atoms with Crippen LogP contribution in [0.5, 0.6) is 0 Å². The Balaban J connectivity index is 2.61. The van der Waals surface area contributed by atoms with Crippen molar-refractivity contribution in [3.8, 4) is 0 Å². The summed E-state index contributed by atoms with van der Waals surface area (Å²) in [6, 6.07) is 1.17. The van der Waals surface area contributed by atoms with Crippen LogP contribution in [0.15, 0.2) is 12.3 Å². The Morgan fingerprint density at radius 1 is 1.56 bits per heavy atom. The van der Waals surface area contributed by atoms with Gasteiger partial charge in [-0.2, -0.15) is 0 Å². The van der Waals surface area contributed by atoms with Crippen molar-refractivity contribution in [2.45, 2.75) is 6.42 Å². The maximum atomic E-state index is 11.7. The van der Waals surface area contributed by atoms with Crippen molar-refractivity contribution in [3.63, 3.8) is 0 Å². The Hall–Kier alpha value is -2.38. The third kappa shape index (κ3) is 3.30. The van der Waals surface area contributed by atoms with Crippen LogP contribution in [0.25, 0.3) is 0 Å². The summed E-state index contributed by atoms with van der Waals surface area (Å²) < 4.78 is 5.77. The zero-order valence-electron chi connectivity index (χ0n) is 10.0. The van der Waals surface area contributed by atoms with Crippen molar-refractivity contribution in [2.24, 2.45) is 7.05 Å². The van der Waals surface area contributed by atoms with E-state index < -0.39 is 16.8 Å². The molecule has 1 aromatic rings. The van der Waals surface area contributed by atoms with Gasteiger partial charge in [-0.25, -0.2) is 0 Å². The summed E-state index contributed by atoms with van der Waals surface area (Å²) in [5.41, 5.74) is 0.00202. The largest absolute Gasteiger partial charge is 0.469 e. The molecule has 0 bridgehead atoms. The molecule has 1 heterocycles. The van der Waals surface area contributed by atoms with Crippen molar-refractivity contribution < 1.29 is 19.2 Å². The van der Waals surface area contributed by atoms with Gasteiger partial charge in [-0.05, 0) is 0 Å². The lowest BCUT2D eigenvalue weighted by molar-refractivity contribution is -0.384. The number of nitrogens with zero attached hydrogens (tertiary/aromatic N) is 2. The van der Waals surface area contributed by atoms with Gasteiger partial charge in [0.2, 0.25) is 0 Å². The standard InChI is InChI=1S/C10H13N3O5/c1-12-6-7(13(16)17)5-8(12)10(15)11-4-3-9(14)18-2/h5-6H,3-4H2,1-2H3,(H,11,15). The monoisotopic (exact) mass is 255 g/mol. The van der Waals surface area contributed by atoms with E-state index in [0.717, 1.165) is 0 Å². The predicted octanol–water partition coefficient (Wildman–Crippen LogP) is 0.226. The van der Waals surface area contributed by atoms with Crippen molar-refractivity contribution in [3.05, 3.63) is 28.1 Å². The molecule has 1 N–H and O–H groups in total. The minimum absolute atomic E-state index is 0.0504. The molecule has 0 saturated heterocycles.